The van der Waals surface area contributed by atoms with Crippen LogP contribution in [0.2, 0.25) is 0 Å². The minimum Gasteiger partial charge on any atom is -0.368 e. The summed E-state index contributed by atoms with van der Waals surface area (Å²) >= 11 is 0. The predicted octanol–water partition coefficient (Wildman–Crippen LogP) is -0.764. The molecule has 2 aliphatic rings. The van der Waals surface area contributed by atoms with Crippen molar-refractivity contribution in [3.05, 3.63) is 0 Å². The lowest BCUT2D eigenvalue weighted by Crippen LogP contribution is -2.47. The molecule has 0 spiro atoms. The van der Waals surface area contributed by atoms with E-state index in [0.29, 0.717) is 6.54 Å². The van der Waals surface area contributed by atoms with Gasteiger partial charge in [0.2, 0.25) is 17.7 Å². The maximum atomic E-state index is 11.9. The summed E-state index contributed by atoms with van der Waals surface area (Å²) in [4.78, 5) is 36.1. The number of likely N-dealkylation sites (tertiary alicyclic amines) is 1. The van der Waals surface area contributed by atoms with Crippen LogP contribution in [0.5, 0.6) is 0 Å². The van der Waals surface area contributed by atoms with Crippen molar-refractivity contribution < 1.29 is 14.4 Å². The molecule has 0 radical (unpaired) electrons. The van der Waals surface area contributed by atoms with E-state index in [-0.39, 0.29) is 30.2 Å². The Kier molecular flexibility index (Phi) is 3.84. The van der Waals surface area contributed by atoms with E-state index in [0.717, 1.165) is 32.2 Å². The van der Waals surface area contributed by atoms with Crippen LogP contribution in [0.25, 0.3) is 0 Å². The van der Waals surface area contributed by atoms with E-state index in [9.17, 15) is 14.4 Å². The molecule has 1 saturated heterocycles. The van der Waals surface area contributed by atoms with Crippen molar-refractivity contribution in [1.82, 2.24) is 10.2 Å². The number of primary amides is 1. The average Bonchev–Trinajstić information content (AvgIpc) is 3.19. The smallest absolute Gasteiger partial charge is 0.236 e. The van der Waals surface area contributed by atoms with Crippen LogP contribution in [-0.4, -0.2) is 42.3 Å². The molecule has 1 atom stereocenters. The van der Waals surface area contributed by atoms with Crippen molar-refractivity contribution in [2.75, 3.05) is 19.6 Å². The van der Waals surface area contributed by atoms with Crippen molar-refractivity contribution in [3.8, 4) is 0 Å². The molecule has 6 heteroatoms. The fourth-order valence-corrected chi connectivity index (χ4v) is 2.30. The zero-order chi connectivity index (χ0) is 13.1. The minimum absolute atomic E-state index is 0.133. The third-order valence-corrected chi connectivity index (χ3v) is 3.47. The molecule has 3 amide bonds. The number of carbonyl (C=O) groups is 3. The van der Waals surface area contributed by atoms with E-state index >= 15 is 0 Å². The van der Waals surface area contributed by atoms with E-state index in [1.807, 2.05) is 0 Å². The highest BCUT2D eigenvalue weighted by Gasteiger charge is 2.36. The monoisotopic (exact) mass is 253 g/mol. The van der Waals surface area contributed by atoms with Gasteiger partial charge in [0.1, 0.15) is 0 Å². The molecule has 6 nitrogen and oxygen atoms in total. The largest absolute Gasteiger partial charge is 0.368 e. The number of rotatable bonds is 4. The zero-order valence-corrected chi connectivity index (χ0v) is 10.4. The van der Waals surface area contributed by atoms with Gasteiger partial charge in [-0.1, -0.05) is 0 Å². The molecule has 2 rings (SSSR count). The first-order valence-corrected chi connectivity index (χ1v) is 6.42. The van der Waals surface area contributed by atoms with Crippen molar-refractivity contribution in [2.45, 2.75) is 25.7 Å². The van der Waals surface area contributed by atoms with Crippen LogP contribution in [-0.2, 0) is 14.4 Å². The highest BCUT2D eigenvalue weighted by molar-refractivity contribution is 5.86. The van der Waals surface area contributed by atoms with Crippen LogP contribution in [0.3, 0.4) is 0 Å². The van der Waals surface area contributed by atoms with Gasteiger partial charge in [0, 0.05) is 19.0 Å². The number of hydrogen-bond acceptors (Lipinski definition) is 3. The highest BCUT2D eigenvalue weighted by atomic mass is 16.2. The van der Waals surface area contributed by atoms with Gasteiger partial charge in [-0.2, -0.15) is 0 Å². The molecular formula is C12H19N3O3. The van der Waals surface area contributed by atoms with Crippen molar-refractivity contribution >= 4 is 17.7 Å². The van der Waals surface area contributed by atoms with Gasteiger partial charge < -0.3 is 16.0 Å². The summed E-state index contributed by atoms with van der Waals surface area (Å²) < 4.78 is 0. The van der Waals surface area contributed by atoms with Crippen molar-refractivity contribution in [2.24, 2.45) is 17.6 Å². The lowest BCUT2D eigenvalue weighted by atomic mass is 9.96. The third kappa shape index (κ3) is 3.21. The van der Waals surface area contributed by atoms with Crippen LogP contribution in [0.15, 0.2) is 0 Å². The number of nitrogens with two attached hydrogens (primary N) is 1. The Morgan fingerprint density at radius 3 is 2.50 bits per heavy atom. The predicted molar refractivity (Wildman–Crippen MR) is 64.2 cm³/mol. The summed E-state index contributed by atoms with van der Waals surface area (Å²) in [6, 6.07) is 0. The SMILES string of the molecule is NC(=O)CNC(=O)C1CCCN(C(=O)C2CC2)C1. The van der Waals surface area contributed by atoms with Crippen LogP contribution in [0, 0.1) is 11.8 Å². The summed E-state index contributed by atoms with van der Waals surface area (Å²) in [5.74, 6) is -0.562. The molecule has 0 bridgehead atoms. The molecule has 100 valence electrons. The van der Waals surface area contributed by atoms with Gasteiger partial charge in [-0.3, -0.25) is 14.4 Å². The third-order valence-electron chi connectivity index (χ3n) is 3.47. The molecule has 1 aliphatic heterocycles. The van der Waals surface area contributed by atoms with E-state index in [4.69, 9.17) is 5.73 Å². The first kappa shape index (κ1) is 12.9. The number of amides is 3. The van der Waals surface area contributed by atoms with E-state index in [2.05, 4.69) is 5.32 Å². The molecule has 18 heavy (non-hydrogen) atoms. The molecule has 1 heterocycles. The van der Waals surface area contributed by atoms with Crippen LogP contribution < -0.4 is 11.1 Å². The quantitative estimate of drug-likeness (QED) is 0.689. The van der Waals surface area contributed by atoms with Gasteiger partial charge >= 0.3 is 0 Å². The van der Waals surface area contributed by atoms with Gasteiger partial charge in [0.15, 0.2) is 0 Å². The van der Waals surface area contributed by atoms with Gasteiger partial charge in [-0.25, -0.2) is 0 Å². The topological polar surface area (TPSA) is 92.5 Å². The van der Waals surface area contributed by atoms with Gasteiger partial charge in [0.25, 0.3) is 0 Å². The molecule has 1 unspecified atom stereocenters. The molecular weight excluding hydrogens is 234 g/mol. The normalized spacial score (nSPS) is 23.6. The lowest BCUT2D eigenvalue weighted by Gasteiger charge is -2.32. The Morgan fingerprint density at radius 2 is 1.89 bits per heavy atom. The second kappa shape index (κ2) is 5.37. The summed E-state index contributed by atoms with van der Waals surface area (Å²) in [5, 5.41) is 2.50. The molecule has 3 N–H and O–H groups in total. The van der Waals surface area contributed by atoms with Crippen molar-refractivity contribution in [3.63, 3.8) is 0 Å². The maximum Gasteiger partial charge on any atom is 0.236 e. The maximum absolute atomic E-state index is 11.9. The second-order valence-electron chi connectivity index (χ2n) is 5.08. The van der Waals surface area contributed by atoms with Crippen molar-refractivity contribution in [1.29, 1.82) is 0 Å². The molecule has 0 aromatic heterocycles. The number of carbonyl (C=O) groups excluding carboxylic acids is 3. The molecule has 1 saturated carbocycles. The first-order chi connectivity index (χ1) is 8.58. The number of nitrogens with zero attached hydrogens (tertiary/aromatic N) is 1. The fourth-order valence-electron chi connectivity index (χ4n) is 2.30. The Hall–Kier alpha value is -1.59. The average molecular weight is 253 g/mol. The standard InChI is InChI=1S/C12H19N3O3/c13-10(16)6-14-11(17)9-2-1-5-15(7-9)12(18)8-3-4-8/h8-9H,1-7H2,(H2,13,16)(H,14,17). The van der Waals surface area contributed by atoms with Gasteiger partial charge in [-0.15, -0.1) is 0 Å². The highest BCUT2D eigenvalue weighted by Crippen LogP contribution is 2.32. The summed E-state index contributed by atoms with van der Waals surface area (Å²) in [5.41, 5.74) is 4.98. The number of nitrogens with one attached hydrogen (secondary N) is 1. The second-order valence-corrected chi connectivity index (χ2v) is 5.08. The zero-order valence-electron chi connectivity index (χ0n) is 10.4. The molecule has 2 fully saturated rings. The van der Waals surface area contributed by atoms with Crippen LogP contribution >= 0.6 is 0 Å². The Balaban J connectivity index is 1.83. The van der Waals surface area contributed by atoms with E-state index in [1.54, 1.807) is 4.90 Å². The number of hydrogen-bond donors (Lipinski definition) is 2. The lowest BCUT2D eigenvalue weighted by molar-refractivity contribution is -0.137. The van der Waals surface area contributed by atoms with Crippen LogP contribution in [0.1, 0.15) is 25.7 Å². The molecule has 1 aliphatic carbocycles. The Morgan fingerprint density at radius 1 is 1.17 bits per heavy atom. The summed E-state index contributed by atoms with van der Waals surface area (Å²) in [7, 11) is 0. The summed E-state index contributed by atoms with van der Waals surface area (Å²) in [6.45, 7) is 1.08. The van der Waals surface area contributed by atoms with Gasteiger partial charge in [-0.05, 0) is 25.7 Å². The minimum atomic E-state index is -0.551. The fraction of sp³-hybridized carbons (Fsp3) is 0.750. The van der Waals surface area contributed by atoms with Gasteiger partial charge in [0.05, 0.1) is 12.5 Å². The Bertz CT molecular complexity index is 366. The Labute approximate surface area is 106 Å². The molecule has 0 aromatic carbocycles. The number of piperidine rings is 1. The van der Waals surface area contributed by atoms with E-state index in [1.165, 1.54) is 0 Å². The first-order valence-electron chi connectivity index (χ1n) is 6.42. The van der Waals surface area contributed by atoms with Crippen LogP contribution in [0.4, 0.5) is 0 Å². The van der Waals surface area contributed by atoms with E-state index < -0.39 is 5.91 Å². The summed E-state index contributed by atoms with van der Waals surface area (Å²) in [6.07, 6.45) is 3.56. The molecule has 0 aromatic rings.